The van der Waals surface area contributed by atoms with Gasteiger partial charge >= 0.3 is 6.09 Å². The highest BCUT2D eigenvalue weighted by molar-refractivity contribution is 5.68. The molecular weight excluding hydrogens is 206 g/mol. The quantitative estimate of drug-likeness (QED) is 0.782. The molecule has 0 aromatic heterocycles. The van der Waals surface area contributed by atoms with E-state index in [1.807, 2.05) is 11.8 Å². The second-order valence-electron chi connectivity index (χ2n) is 4.76. The highest BCUT2D eigenvalue weighted by Crippen LogP contribution is 2.35. The van der Waals surface area contributed by atoms with E-state index < -0.39 is 0 Å². The number of rotatable bonds is 2. The molecule has 1 heterocycles. The van der Waals surface area contributed by atoms with Crippen LogP contribution in [0.3, 0.4) is 0 Å². The summed E-state index contributed by atoms with van der Waals surface area (Å²) in [6.45, 7) is 3.04. The molecule has 2 fully saturated rings. The summed E-state index contributed by atoms with van der Waals surface area (Å²) < 4.78 is 5.06. The zero-order valence-electron chi connectivity index (χ0n) is 9.89. The van der Waals surface area contributed by atoms with E-state index in [-0.39, 0.29) is 24.2 Å². The predicted molar refractivity (Wildman–Crippen MR) is 60.1 cm³/mol. The fourth-order valence-corrected chi connectivity index (χ4v) is 3.09. The van der Waals surface area contributed by atoms with Crippen LogP contribution in [-0.2, 0) is 4.74 Å². The van der Waals surface area contributed by atoms with Crippen molar-refractivity contribution in [3.8, 4) is 0 Å². The van der Waals surface area contributed by atoms with Gasteiger partial charge in [0.2, 0.25) is 0 Å². The van der Waals surface area contributed by atoms with Crippen LogP contribution in [0.4, 0.5) is 4.79 Å². The molecule has 0 aromatic rings. The Hall–Kier alpha value is -0.770. The van der Waals surface area contributed by atoms with Crippen LogP contribution in [0.2, 0.25) is 0 Å². The number of carbonyl (C=O) groups is 1. The number of carbonyl (C=O) groups excluding carboxylic acids is 1. The summed E-state index contributed by atoms with van der Waals surface area (Å²) in [5, 5.41) is 9.90. The minimum atomic E-state index is -0.222. The minimum Gasteiger partial charge on any atom is -0.450 e. The van der Waals surface area contributed by atoms with Gasteiger partial charge in [0.05, 0.1) is 12.7 Å². The molecular formula is C12H21NO3. The lowest BCUT2D eigenvalue weighted by molar-refractivity contribution is 0.0582. The van der Waals surface area contributed by atoms with Crippen LogP contribution in [0.25, 0.3) is 0 Å². The Morgan fingerprint density at radius 2 is 2.19 bits per heavy atom. The molecule has 1 saturated heterocycles. The summed E-state index contributed by atoms with van der Waals surface area (Å²) in [7, 11) is 0. The van der Waals surface area contributed by atoms with Crippen molar-refractivity contribution in [2.24, 2.45) is 5.92 Å². The topological polar surface area (TPSA) is 49.8 Å². The van der Waals surface area contributed by atoms with Gasteiger partial charge in [0, 0.05) is 18.5 Å². The van der Waals surface area contributed by atoms with Crippen molar-refractivity contribution in [3.05, 3.63) is 0 Å². The van der Waals surface area contributed by atoms with Crippen molar-refractivity contribution in [1.82, 2.24) is 4.90 Å². The first-order chi connectivity index (χ1) is 7.74. The number of hydrogen-bond acceptors (Lipinski definition) is 3. The first-order valence-corrected chi connectivity index (χ1v) is 6.35. The second-order valence-corrected chi connectivity index (χ2v) is 4.76. The fraction of sp³-hybridized carbons (Fsp3) is 0.917. The van der Waals surface area contributed by atoms with Crippen molar-refractivity contribution in [2.75, 3.05) is 13.2 Å². The Morgan fingerprint density at radius 1 is 1.38 bits per heavy atom. The van der Waals surface area contributed by atoms with Crippen LogP contribution >= 0.6 is 0 Å². The van der Waals surface area contributed by atoms with Crippen LogP contribution < -0.4 is 0 Å². The van der Waals surface area contributed by atoms with Crippen molar-refractivity contribution in [3.63, 3.8) is 0 Å². The van der Waals surface area contributed by atoms with Crippen LogP contribution in [-0.4, -0.2) is 41.4 Å². The highest BCUT2D eigenvalue weighted by Gasteiger charge is 2.40. The summed E-state index contributed by atoms with van der Waals surface area (Å²) in [5.41, 5.74) is 0. The van der Waals surface area contributed by atoms with Crippen molar-refractivity contribution in [1.29, 1.82) is 0 Å². The molecule has 3 unspecified atom stereocenters. The zero-order chi connectivity index (χ0) is 11.5. The maximum Gasteiger partial charge on any atom is 0.410 e. The molecule has 3 atom stereocenters. The average Bonchev–Trinajstić information content (AvgIpc) is 2.85. The van der Waals surface area contributed by atoms with E-state index >= 15 is 0 Å². The number of likely N-dealkylation sites (tertiary alicyclic amines) is 1. The largest absolute Gasteiger partial charge is 0.450 e. The third-order valence-electron chi connectivity index (χ3n) is 3.83. The van der Waals surface area contributed by atoms with Gasteiger partial charge in [-0.3, -0.25) is 0 Å². The van der Waals surface area contributed by atoms with E-state index in [0.29, 0.717) is 6.61 Å². The maximum absolute atomic E-state index is 11.7. The molecule has 1 aliphatic carbocycles. The van der Waals surface area contributed by atoms with Gasteiger partial charge in [-0.2, -0.15) is 0 Å². The molecule has 1 N–H and O–H groups in total. The monoisotopic (exact) mass is 227 g/mol. The van der Waals surface area contributed by atoms with E-state index in [1.54, 1.807) is 0 Å². The molecule has 92 valence electrons. The lowest BCUT2D eigenvalue weighted by Gasteiger charge is -2.30. The molecule has 0 aromatic carbocycles. The van der Waals surface area contributed by atoms with Crippen LogP contribution in [0, 0.1) is 5.92 Å². The van der Waals surface area contributed by atoms with E-state index in [2.05, 4.69) is 0 Å². The molecule has 2 aliphatic rings. The number of aliphatic hydroxyl groups is 1. The molecule has 1 saturated carbocycles. The standard InChI is InChI=1S/C12H21NO3/c1-2-16-12(15)13-8-4-6-10(13)9-5-3-7-11(9)14/h9-11,14H,2-8H2,1H3. The molecule has 1 amide bonds. The molecule has 0 bridgehead atoms. The molecule has 4 nitrogen and oxygen atoms in total. The predicted octanol–water partition coefficient (Wildman–Crippen LogP) is 1.77. The summed E-state index contributed by atoms with van der Waals surface area (Å²) in [4.78, 5) is 13.6. The third kappa shape index (κ3) is 2.17. The van der Waals surface area contributed by atoms with E-state index in [1.165, 1.54) is 0 Å². The van der Waals surface area contributed by atoms with Crippen molar-refractivity contribution >= 4 is 6.09 Å². The van der Waals surface area contributed by atoms with Crippen LogP contribution in [0.15, 0.2) is 0 Å². The molecule has 0 radical (unpaired) electrons. The van der Waals surface area contributed by atoms with Gasteiger partial charge in [-0.1, -0.05) is 6.42 Å². The summed E-state index contributed by atoms with van der Waals surface area (Å²) in [5.74, 6) is 0.270. The van der Waals surface area contributed by atoms with E-state index in [9.17, 15) is 9.90 Å². The zero-order valence-corrected chi connectivity index (χ0v) is 9.89. The van der Waals surface area contributed by atoms with Crippen molar-refractivity contribution in [2.45, 2.75) is 51.2 Å². The van der Waals surface area contributed by atoms with E-state index in [0.717, 1.165) is 38.6 Å². The fourth-order valence-electron chi connectivity index (χ4n) is 3.09. The molecule has 1 aliphatic heterocycles. The Morgan fingerprint density at radius 3 is 2.81 bits per heavy atom. The smallest absolute Gasteiger partial charge is 0.410 e. The number of amides is 1. The molecule has 0 spiro atoms. The van der Waals surface area contributed by atoms with Crippen LogP contribution in [0.1, 0.15) is 39.0 Å². The van der Waals surface area contributed by atoms with Gasteiger partial charge in [-0.05, 0) is 32.6 Å². The number of hydrogen-bond donors (Lipinski definition) is 1. The Labute approximate surface area is 96.6 Å². The second kappa shape index (κ2) is 5.04. The first-order valence-electron chi connectivity index (χ1n) is 6.35. The normalized spacial score (nSPS) is 34.4. The van der Waals surface area contributed by atoms with Crippen molar-refractivity contribution < 1.29 is 14.6 Å². The number of ether oxygens (including phenoxy) is 1. The van der Waals surface area contributed by atoms with Gasteiger partial charge in [0.1, 0.15) is 0 Å². The third-order valence-corrected chi connectivity index (χ3v) is 3.83. The number of nitrogens with zero attached hydrogens (tertiary/aromatic N) is 1. The number of aliphatic hydroxyl groups excluding tert-OH is 1. The molecule has 4 heteroatoms. The molecule has 2 rings (SSSR count). The van der Waals surface area contributed by atoms with Crippen LogP contribution in [0.5, 0.6) is 0 Å². The van der Waals surface area contributed by atoms with Gasteiger partial charge in [0.15, 0.2) is 0 Å². The van der Waals surface area contributed by atoms with Gasteiger partial charge < -0.3 is 14.7 Å². The lowest BCUT2D eigenvalue weighted by atomic mass is 9.94. The first kappa shape index (κ1) is 11.7. The SMILES string of the molecule is CCOC(=O)N1CCCC1C1CCCC1O. The summed E-state index contributed by atoms with van der Waals surface area (Å²) in [6.07, 6.45) is 4.63. The lowest BCUT2D eigenvalue weighted by Crippen LogP contribution is -2.42. The average molecular weight is 227 g/mol. The van der Waals surface area contributed by atoms with Gasteiger partial charge in [0.25, 0.3) is 0 Å². The Bertz CT molecular complexity index is 257. The molecule has 16 heavy (non-hydrogen) atoms. The van der Waals surface area contributed by atoms with Gasteiger partial charge in [-0.25, -0.2) is 4.79 Å². The Balaban J connectivity index is 1.99. The van der Waals surface area contributed by atoms with Gasteiger partial charge in [-0.15, -0.1) is 0 Å². The Kier molecular flexibility index (Phi) is 3.69. The highest BCUT2D eigenvalue weighted by atomic mass is 16.6. The minimum absolute atomic E-state index is 0.205. The summed E-state index contributed by atoms with van der Waals surface area (Å²) in [6, 6.07) is 0.205. The maximum atomic E-state index is 11.7. The van der Waals surface area contributed by atoms with E-state index in [4.69, 9.17) is 4.74 Å². The summed E-state index contributed by atoms with van der Waals surface area (Å²) >= 11 is 0.